The van der Waals surface area contributed by atoms with Gasteiger partial charge >= 0.3 is 0 Å². The fourth-order valence-corrected chi connectivity index (χ4v) is 3.36. The lowest BCUT2D eigenvalue weighted by molar-refractivity contribution is -0.207. The van der Waals surface area contributed by atoms with Crippen LogP contribution in [0.25, 0.3) is 11.0 Å². The highest BCUT2D eigenvalue weighted by molar-refractivity contribution is 5.78. The minimum Gasteiger partial charge on any atom is -0.394 e. The van der Waals surface area contributed by atoms with Gasteiger partial charge in [-0.05, 0) is 32.4 Å². The molecule has 7 heteroatoms. The molecule has 0 bridgehead atoms. The fraction of sp³-hybridized carbons (Fsp3) is 0.562. The number of para-hydroxylation sites is 1. The van der Waals surface area contributed by atoms with Crippen LogP contribution in [0.5, 0.6) is 0 Å². The van der Waals surface area contributed by atoms with Gasteiger partial charge in [-0.25, -0.2) is 0 Å². The highest BCUT2D eigenvalue weighted by Gasteiger charge is 2.56. The quantitative estimate of drug-likeness (QED) is 0.898. The number of hydrogen-bond donors (Lipinski definition) is 1. The first-order valence-corrected chi connectivity index (χ1v) is 7.64. The van der Waals surface area contributed by atoms with Gasteiger partial charge in [0.15, 0.2) is 17.6 Å². The van der Waals surface area contributed by atoms with Gasteiger partial charge < -0.3 is 23.8 Å². The number of nitrogens with zero attached hydrogens (tertiary/aromatic N) is 1. The number of benzene rings is 1. The normalized spacial score (nSPS) is 32.5. The van der Waals surface area contributed by atoms with Crippen molar-refractivity contribution in [2.75, 3.05) is 6.61 Å². The van der Waals surface area contributed by atoms with E-state index in [-0.39, 0.29) is 12.2 Å². The third-order valence-electron chi connectivity index (χ3n) is 4.37. The van der Waals surface area contributed by atoms with Crippen molar-refractivity contribution >= 4 is 11.0 Å². The maximum Gasteiger partial charge on any atom is 0.293 e. The van der Waals surface area contributed by atoms with E-state index in [2.05, 4.69) is 0 Å². The van der Waals surface area contributed by atoms with E-state index in [1.54, 1.807) is 19.9 Å². The summed E-state index contributed by atoms with van der Waals surface area (Å²) in [5, 5.41) is 10.0. The zero-order valence-corrected chi connectivity index (χ0v) is 13.2. The zero-order chi connectivity index (χ0) is 16.4. The van der Waals surface area contributed by atoms with Gasteiger partial charge in [0.25, 0.3) is 5.56 Å². The summed E-state index contributed by atoms with van der Waals surface area (Å²) in [6, 6.07) is 5.41. The van der Waals surface area contributed by atoms with Gasteiger partial charge in [0.2, 0.25) is 0 Å². The van der Waals surface area contributed by atoms with E-state index in [0.717, 1.165) is 5.56 Å². The minimum atomic E-state index is -0.795. The third-order valence-corrected chi connectivity index (χ3v) is 4.37. The Kier molecular flexibility index (Phi) is 3.18. The van der Waals surface area contributed by atoms with Crippen molar-refractivity contribution in [3.8, 4) is 0 Å². The molecule has 23 heavy (non-hydrogen) atoms. The van der Waals surface area contributed by atoms with Crippen LogP contribution < -0.4 is 5.56 Å². The fourth-order valence-electron chi connectivity index (χ4n) is 3.36. The Labute approximate surface area is 132 Å². The molecule has 1 aromatic heterocycles. The van der Waals surface area contributed by atoms with E-state index in [1.165, 1.54) is 4.74 Å². The molecule has 0 amide bonds. The average Bonchev–Trinajstić information content (AvgIpc) is 3.09. The molecule has 0 spiro atoms. The monoisotopic (exact) mass is 321 g/mol. The molecule has 2 saturated heterocycles. The number of hydrogen-bond acceptors (Lipinski definition) is 6. The van der Waals surface area contributed by atoms with Gasteiger partial charge in [-0.3, -0.25) is 4.79 Å². The highest BCUT2D eigenvalue weighted by atomic mass is 16.8. The van der Waals surface area contributed by atoms with E-state index >= 15 is 0 Å². The first-order chi connectivity index (χ1) is 10.9. The summed E-state index contributed by atoms with van der Waals surface area (Å²) in [5.41, 5.74) is 1.12. The molecule has 0 radical (unpaired) electrons. The topological polar surface area (TPSA) is 83.1 Å². The third kappa shape index (κ3) is 2.15. The molecule has 2 fully saturated rings. The minimum absolute atomic E-state index is 0.217. The molecule has 1 aromatic carbocycles. The standard InChI is InChI=1S/C16H19NO6/c1-8-5-4-6-9-11(8)23-17(14(9)19)15-13-12(10(7-18)20-15)21-16(2,3)22-13/h4-6,10,12-13,15,18H,7H2,1-3H3/t10-,12-,13-,15-/m1/s1. The number of aryl methyl sites for hydroxylation is 1. The van der Waals surface area contributed by atoms with E-state index in [1.807, 2.05) is 19.1 Å². The van der Waals surface area contributed by atoms with Crippen molar-refractivity contribution in [3.05, 3.63) is 34.1 Å². The molecule has 3 heterocycles. The van der Waals surface area contributed by atoms with Crippen molar-refractivity contribution < 1.29 is 23.8 Å². The van der Waals surface area contributed by atoms with Crippen LogP contribution in [0.2, 0.25) is 0 Å². The lowest BCUT2D eigenvalue weighted by atomic mass is 10.1. The van der Waals surface area contributed by atoms with E-state index in [4.69, 9.17) is 18.7 Å². The van der Waals surface area contributed by atoms with Crippen LogP contribution in [-0.4, -0.2) is 40.6 Å². The molecule has 1 N–H and O–H groups in total. The number of aliphatic hydroxyl groups is 1. The predicted octanol–water partition coefficient (Wildman–Crippen LogP) is 1.31. The summed E-state index contributed by atoms with van der Waals surface area (Å²) < 4.78 is 24.4. The van der Waals surface area contributed by atoms with Crippen molar-refractivity contribution in [3.63, 3.8) is 0 Å². The molecule has 2 aliphatic heterocycles. The van der Waals surface area contributed by atoms with Crippen LogP contribution in [0.15, 0.2) is 27.5 Å². The van der Waals surface area contributed by atoms with Crippen LogP contribution in [0.3, 0.4) is 0 Å². The summed E-state index contributed by atoms with van der Waals surface area (Å²) in [6.45, 7) is 5.25. The molecular formula is C16H19NO6. The van der Waals surface area contributed by atoms with Gasteiger partial charge in [0.05, 0.1) is 12.0 Å². The number of aliphatic hydroxyl groups excluding tert-OH is 1. The van der Waals surface area contributed by atoms with Gasteiger partial charge in [0, 0.05) is 0 Å². The number of aromatic nitrogens is 1. The molecule has 124 valence electrons. The van der Waals surface area contributed by atoms with Crippen molar-refractivity contribution in [1.82, 2.24) is 4.74 Å². The predicted molar refractivity (Wildman–Crippen MR) is 80.0 cm³/mol. The molecule has 0 aliphatic carbocycles. The molecule has 0 unspecified atom stereocenters. The Morgan fingerprint density at radius 1 is 1.26 bits per heavy atom. The highest BCUT2D eigenvalue weighted by Crippen LogP contribution is 2.42. The zero-order valence-electron chi connectivity index (χ0n) is 13.2. The average molecular weight is 321 g/mol. The van der Waals surface area contributed by atoms with E-state index in [0.29, 0.717) is 11.0 Å². The summed E-state index contributed by atoms with van der Waals surface area (Å²) >= 11 is 0. The Morgan fingerprint density at radius 3 is 2.70 bits per heavy atom. The Bertz CT molecular complexity index is 806. The van der Waals surface area contributed by atoms with Crippen LogP contribution in [0, 0.1) is 6.92 Å². The molecule has 2 aromatic rings. The van der Waals surface area contributed by atoms with Gasteiger partial charge in [-0.15, -0.1) is 4.74 Å². The number of fused-ring (bicyclic) bond motifs is 2. The Hall–Kier alpha value is -1.67. The largest absolute Gasteiger partial charge is 0.394 e. The lowest BCUT2D eigenvalue weighted by Gasteiger charge is -2.23. The van der Waals surface area contributed by atoms with Crippen LogP contribution >= 0.6 is 0 Å². The number of rotatable bonds is 2. The van der Waals surface area contributed by atoms with Crippen LogP contribution in [-0.2, 0) is 14.2 Å². The van der Waals surface area contributed by atoms with Crippen molar-refractivity contribution in [2.45, 2.75) is 51.1 Å². The summed E-state index contributed by atoms with van der Waals surface area (Å²) in [5.74, 6) is -0.795. The summed E-state index contributed by atoms with van der Waals surface area (Å²) in [4.78, 5) is 12.6. The molecule has 7 nitrogen and oxygen atoms in total. The van der Waals surface area contributed by atoms with E-state index < -0.39 is 30.3 Å². The maximum absolute atomic E-state index is 12.6. The van der Waals surface area contributed by atoms with Crippen molar-refractivity contribution in [2.24, 2.45) is 0 Å². The van der Waals surface area contributed by atoms with Crippen LogP contribution in [0.1, 0.15) is 25.6 Å². The summed E-state index contributed by atoms with van der Waals surface area (Å²) in [6.07, 6.45) is -2.28. The molecule has 4 rings (SSSR count). The van der Waals surface area contributed by atoms with Gasteiger partial charge in [0.1, 0.15) is 18.3 Å². The second kappa shape index (κ2) is 4.91. The smallest absolute Gasteiger partial charge is 0.293 e. The Balaban J connectivity index is 1.80. The molecule has 4 atom stereocenters. The SMILES string of the molecule is Cc1cccc2c(=O)n([C@@H]3O[C@H](CO)[C@H]4OC(C)(C)O[C@H]43)oc12. The Morgan fingerprint density at radius 2 is 2.00 bits per heavy atom. The summed E-state index contributed by atoms with van der Waals surface area (Å²) in [7, 11) is 0. The molecular weight excluding hydrogens is 302 g/mol. The maximum atomic E-state index is 12.6. The first kappa shape index (κ1) is 14.9. The second-order valence-electron chi connectivity index (χ2n) is 6.49. The lowest BCUT2D eigenvalue weighted by Crippen LogP contribution is -2.32. The second-order valence-corrected chi connectivity index (χ2v) is 6.49. The van der Waals surface area contributed by atoms with Crippen molar-refractivity contribution in [1.29, 1.82) is 0 Å². The number of ether oxygens (including phenoxy) is 3. The van der Waals surface area contributed by atoms with Gasteiger partial charge in [-0.1, -0.05) is 12.1 Å². The molecule has 2 aliphatic rings. The molecule has 0 saturated carbocycles. The van der Waals surface area contributed by atoms with E-state index in [9.17, 15) is 9.90 Å². The first-order valence-electron chi connectivity index (χ1n) is 7.64. The van der Waals surface area contributed by atoms with Crippen LogP contribution in [0.4, 0.5) is 0 Å². The van der Waals surface area contributed by atoms with Gasteiger partial charge in [-0.2, -0.15) is 0 Å².